The SMILES string of the molecule is CCOc1cc(/C=N\OCc2ccccc2C#N)cc(Cl)c1OCc1ccccc1C#N. The summed E-state index contributed by atoms with van der Waals surface area (Å²) >= 11 is 6.45. The molecule has 0 aromatic heterocycles. The number of nitrogens with zero attached hydrogens (tertiary/aromatic N) is 3. The van der Waals surface area contributed by atoms with Gasteiger partial charge in [-0.1, -0.05) is 53.2 Å². The van der Waals surface area contributed by atoms with Crippen LogP contribution < -0.4 is 9.47 Å². The van der Waals surface area contributed by atoms with E-state index in [9.17, 15) is 5.26 Å². The topological polar surface area (TPSA) is 87.6 Å². The zero-order chi connectivity index (χ0) is 22.8. The maximum absolute atomic E-state index is 9.25. The minimum absolute atomic E-state index is 0.172. The Morgan fingerprint density at radius 3 is 2.16 bits per heavy atom. The van der Waals surface area contributed by atoms with E-state index in [1.54, 1.807) is 36.4 Å². The van der Waals surface area contributed by atoms with E-state index in [4.69, 9.17) is 31.2 Å². The number of nitriles is 2. The molecule has 160 valence electrons. The molecule has 0 fully saturated rings. The number of rotatable bonds is 9. The molecular weight excluding hydrogens is 426 g/mol. The van der Waals surface area contributed by atoms with Gasteiger partial charge in [0.15, 0.2) is 11.5 Å². The second-order valence-electron chi connectivity index (χ2n) is 6.60. The average Bonchev–Trinajstić information content (AvgIpc) is 2.82. The van der Waals surface area contributed by atoms with Crippen molar-refractivity contribution in [3.63, 3.8) is 0 Å². The quantitative estimate of drug-likeness (QED) is 0.315. The Labute approximate surface area is 191 Å². The number of halogens is 1. The minimum Gasteiger partial charge on any atom is -0.490 e. The second kappa shape index (κ2) is 11.4. The molecule has 0 radical (unpaired) electrons. The highest BCUT2D eigenvalue weighted by Crippen LogP contribution is 2.37. The Morgan fingerprint density at radius 1 is 0.906 bits per heavy atom. The first-order valence-corrected chi connectivity index (χ1v) is 10.2. The van der Waals surface area contributed by atoms with Crippen molar-refractivity contribution < 1.29 is 14.3 Å². The number of hydrogen-bond donors (Lipinski definition) is 0. The highest BCUT2D eigenvalue weighted by atomic mass is 35.5. The highest BCUT2D eigenvalue weighted by Gasteiger charge is 2.13. The predicted octanol–water partition coefficient (Wildman–Crippen LogP) is 5.61. The molecule has 3 aromatic rings. The van der Waals surface area contributed by atoms with Gasteiger partial charge >= 0.3 is 0 Å². The summed E-state index contributed by atoms with van der Waals surface area (Å²) in [7, 11) is 0. The van der Waals surface area contributed by atoms with Gasteiger partial charge in [-0.2, -0.15) is 10.5 Å². The summed E-state index contributed by atoms with van der Waals surface area (Å²) in [6, 6.07) is 22.1. The molecule has 0 heterocycles. The second-order valence-corrected chi connectivity index (χ2v) is 7.00. The summed E-state index contributed by atoms with van der Waals surface area (Å²) < 4.78 is 11.6. The van der Waals surface area contributed by atoms with Crippen LogP contribution in [0.3, 0.4) is 0 Å². The zero-order valence-corrected chi connectivity index (χ0v) is 18.2. The minimum atomic E-state index is 0.172. The molecule has 0 aliphatic rings. The first-order chi connectivity index (χ1) is 15.7. The molecule has 0 spiro atoms. The molecule has 32 heavy (non-hydrogen) atoms. The molecule has 0 aliphatic carbocycles. The number of ether oxygens (including phenoxy) is 2. The van der Waals surface area contributed by atoms with Crippen LogP contribution in [0.5, 0.6) is 11.5 Å². The van der Waals surface area contributed by atoms with E-state index in [-0.39, 0.29) is 13.2 Å². The third-order valence-corrected chi connectivity index (χ3v) is 4.76. The monoisotopic (exact) mass is 445 g/mol. The molecule has 0 aliphatic heterocycles. The first-order valence-electron chi connectivity index (χ1n) is 9.86. The van der Waals surface area contributed by atoms with Crippen LogP contribution in [-0.4, -0.2) is 12.8 Å². The van der Waals surface area contributed by atoms with Crippen molar-refractivity contribution in [3.8, 4) is 23.6 Å². The maximum atomic E-state index is 9.25. The van der Waals surface area contributed by atoms with Gasteiger partial charge < -0.3 is 14.3 Å². The molecule has 0 saturated carbocycles. The number of oxime groups is 1. The Bertz CT molecular complexity index is 1200. The van der Waals surface area contributed by atoms with Crippen molar-refractivity contribution in [2.45, 2.75) is 20.1 Å². The molecular formula is C25H20ClN3O3. The zero-order valence-electron chi connectivity index (χ0n) is 17.4. The first kappa shape index (κ1) is 22.7. The molecule has 7 heteroatoms. The Hall–Kier alpha value is -4.00. The van der Waals surface area contributed by atoms with Crippen LogP contribution in [0.4, 0.5) is 0 Å². The van der Waals surface area contributed by atoms with Crippen molar-refractivity contribution in [1.82, 2.24) is 0 Å². The molecule has 3 rings (SSSR count). The van der Waals surface area contributed by atoms with Crippen LogP contribution >= 0.6 is 11.6 Å². The fourth-order valence-corrected chi connectivity index (χ4v) is 3.20. The van der Waals surface area contributed by atoms with Crippen LogP contribution in [0, 0.1) is 22.7 Å². The van der Waals surface area contributed by atoms with E-state index < -0.39 is 0 Å². The largest absolute Gasteiger partial charge is 0.490 e. The van der Waals surface area contributed by atoms with E-state index in [1.165, 1.54) is 6.21 Å². The average molecular weight is 446 g/mol. The van der Waals surface area contributed by atoms with Gasteiger partial charge in [-0.15, -0.1) is 0 Å². The number of benzene rings is 3. The third-order valence-electron chi connectivity index (χ3n) is 4.48. The summed E-state index contributed by atoms with van der Waals surface area (Å²) in [5.41, 5.74) is 3.26. The standard InChI is InChI=1S/C25H20ClN3O3/c1-2-30-24-12-18(15-29-32-17-22-10-6-4-8-20(22)14-28)11-23(26)25(24)31-16-21-9-5-3-7-19(21)13-27/h3-12,15H,2,16-17H2,1H3/b29-15-. The smallest absolute Gasteiger partial charge is 0.180 e. The van der Waals surface area contributed by atoms with Gasteiger partial charge in [0.05, 0.1) is 41.1 Å². The Morgan fingerprint density at radius 2 is 1.53 bits per heavy atom. The van der Waals surface area contributed by atoms with Crippen LogP contribution in [0.1, 0.15) is 34.7 Å². The van der Waals surface area contributed by atoms with Gasteiger partial charge in [0.1, 0.15) is 13.2 Å². The molecule has 0 atom stereocenters. The summed E-state index contributed by atoms with van der Waals surface area (Å²) in [6.45, 7) is 2.63. The lowest BCUT2D eigenvalue weighted by Crippen LogP contribution is -2.02. The van der Waals surface area contributed by atoms with Crippen molar-refractivity contribution in [2.24, 2.45) is 5.16 Å². The molecule has 0 N–H and O–H groups in total. The van der Waals surface area contributed by atoms with Gasteiger partial charge in [-0.05, 0) is 31.2 Å². The van der Waals surface area contributed by atoms with Gasteiger partial charge in [0.25, 0.3) is 0 Å². The van der Waals surface area contributed by atoms with Crippen molar-refractivity contribution in [2.75, 3.05) is 6.61 Å². The molecule has 3 aromatic carbocycles. The van der Waals surface area contributed by atoms with E-state index in [1.807, 2.05) is 31.2 Å². The highest BCUT2D eigenvalue weighted by molar-refractivity contribution is 6.32. The van der Waals surface area contributed by atoms with Gasteiger partial charge in [0, 0.05) is 16.7 Å². The summed E-state index contributed by atoms with van der Waals surface area (Å²) in [5.74, 6) is 0.855. The summed E-state index contributed by atoms with van der Waals surface area (Å²) in [6.07, 6.45) is 1.51. The van der Waals surface area contributed by atoms with E-state index in [0.29, 0.717) is 39.8 Å². The van der Waals surface area contributed by atoms with Crippen LogP contribution in [0.2, 0.25) is 5.02 Å². The van der Waals surface area contributed by atoms with Crippen molar-refractivity contribution in [1.29, 1.82) is 10.5 Å². The van der Waals surface area contributed by atoms with Crippen LogP contribution in [0.25, 0.3) is 0 Å². The summed E-state index contributed by atoms with van der Waals surface area (Å²) in [5, 5.41) is 22.7. The van der Waals surface area contributed by atoms with Gasteiger partial charge in [-0.3, -0.25) is 0 Å². The fourth-order valence-electron chi connectivity index (χ4n) is 2.93. The van der Waals surface area contributed by atoms with Crippen molar-refractivity contribution >= 4 is 17.8 Å². The molecule has 6 nitrogen and oxygen atoms in total. The molecule has 0 unspecified atom stereocenters. The maximum Gasteiger partial charge on any atom is 0.180 e. The lowest BCUT2D eigenvalue weighted by molar-refractivity contribution is 0.132. The van der Waals surface area contributed by atoms with Gasteiger partial charge in [-0.25, -0.2) is 0 Å². The van der Waals surface area contributed by atoms with E-state index in [2.05, 4.69) is 17.3 Å². The number of hydrogen-bond acceptors (Lipinski definition) is 6. The molecule has 0 amide bonds. The fraction of sp³-hybridized carbons (Fsp3) is 0.160. The lowest BCUT2D eigenvalue weighted by Gasteiger charge is -2.15. The predicted molar refractivity (Wildman–Crippen MR) is 122 cm³/mol. The van der Waals surface area contributed by atoms with E-state index >= 15 is 0 Å². The van der Waals surface area contributed by atoms with Crippen LogP contribution in [-0.2, 0) is 18.1 Å². The Balaban J connectivity index is 1.72. The molecule has 0 bridgehead atoms. The normalized spacial score (nSPS) is 10.4. The van der Waals surface area contributed by atoms with Gasteiger partial charge in [0.2, 0.25) is 0 Å². The summed E-state index contributed by atoms with van der Waals surface area (Å²) in [4.78, 5) is 5.34. The lowest BCUT2D eigenvalue weighted by atomic mass is 10.1. The third kappa shape index (κ3) is 5.78. The molecule has 0 saturated heterocycles. The van der Waals surface area contributed by atoms with E-state index in [0.717, 1.165) is 11.1 Å². The Kier molecular flexibility index (Phi) is 8.09. The van der Waals surface area contributed by atoms with Crippen molar-refractivity contribution in [3.05, 3.63) is 93.5 Å². The van der Waals surface area contributed by atoms with Crippen LogP contribution in [0.15, 0.2) is 65.8 Å².